The molecule has 1 unspecified atom stereocenters. The van der Waals surface area contributed by atoms with Crippen LogP contribution in [0.2, 0.25) is 0 Å². The van der Waals surface area contributed by atoms with Crippen LogP contribution in [0.25, 0.3) is 0 Å². The van der Waals surface area contributed by atoms with E-state index in [9.17, 15) is 14.4 Å². The van der Waals surface area contributed by atoms with Crippen LogP contribution in [0.3, 0.4) is 0 Å². The molecule has 6 nitrogen and oxygen atoms in total. The van der Waals surface area contributed by atoms with Crippen LogP contribution < -0.4 is 0 Å². The van der Waals surface area contributed by atoms with Crippen LogP contribution in [0, 0.1) is 0 Å². The number of unbranched alkanes of at least 4 members (excludes halogenated alkanes) is 22. The summed E-state index contributed by atoms with van der Waals surface area (Å²) < 4.78 is 16.8. The summed E-state index contributed by atoms with van der Waals surface area (Å²) in [5, 5.41) is 0. The third-order valence-electron chi connectivity index (χ3n) is 12.0. The van der Waals surface area contributed by atoms with Crippen LogP contribution in [0.15, 0.2) is 109 Å². The maximum atomic E-state index is 12.8. The van der Waals surface area contributed by atoms with Crippen molar-refractivity contribution in [2.45, 2.75) is 264 Å². The second-order valence-corrected chi connectivity index (χ2v) is 18.8. The van der Waals surface area contributed by atoms with Gasteiger partial charge in [-0.3, -0.25) is 14.4 Å². The zero-order valence-electron chi connectivity index (χ0n) is 45.5. The minimum Gasteiger partial charge on any atom is -0.462 e. The summed E-state index contributed by atoms with van der Waals surface area (Å²) in [4.78, 5) is 38.2. The molecule has 0 aliphatic heterocycles. The maximum Gasteiger partial charge on any atom is 0.306 e. The first kappa shape index (κ1) is 66.1. The molecule has 0 aromatic rings. The average Bonchev–Trinajstić information content (AvgIpc) is 3.36. The molecule has 0 radical (unpaired) electrons. The van der Waals surface area contributed by atoms with E-state index in [0.29, 0.717) is 19.3 Å². The Morgan fingerprint density at radius 2 is 0.571 bits per heavy atom. The Labute approximate surface area is 431 Å². The molecule has 0 saturated heterocycles. The van der Waals surface area contributed by atoms with Crippen molar-refractivity contribution in [1.29, 1.82) is 0 Å². The van der Waals surface area contributed by atoms with Gasteiger partial charge in [-0.15, -0.1) is 0 Å². The van der Waals surface area contributed by atoms with Crippen molar-refractivity contribution in [3.05, 3.63) is 109 Å². The average molecular weight is 972 g/mol. The Morgan fingerprint density at radius 3 is 0.943 bits per heavy atom. The Hall–Kier alpha value is -3.93. The highest BCUT2D eigenvalue weighted by Crippen LogP contribution is 2.14. The van der Waals surface area contributed by atoms with Crippen LogP contribution in [0.1, 0.15) is 258 Å². The largest absolute Gasteiger partial charge is 0.462 e. The molecule has 398 valence electrons. The van der Waals surface area contributed by atoms with Crippen molar-refractivity contribution in [3.8, 4) is 0 Å². The lowest BCUT2D eigenvalue weighted by atomic mass is 10.1. The van der Waals surface area contributed by atoms with Gasteiger partial charge in [0.05, 0.1) is 0 Å². The fourth-order valence-electron chi connectivity index (χ4n) is 7.66. The summed E-state index contributed by atoms with van der Waals surface area (Å²) in [7, 11) is 0. The van der Waals surface area contributed by atoms with Gasteiger partial charge in [-0.25, -0.2) is 0 Å². The summed E-state index contributed by atoms with van der Waals surface area (Å²) in [6, 6.07) is 0. The molecule has 0 aromatic carbocycles. The minimum atomic E-state index is -0.817. The first-order valence-electron chi connectivity index (χ1n) is 28.9. The van der Waals surface area contributed by atoms with E-state index in [1.54, 1.807) is 0 Å². The van der Waals surface area contributed by atoms with Crippen molar-refractivity contribution in [3.63, 3.8) is 0 Å². The van der Waals surface area contributed by atoms with E-state index in [2.05, 4.69) is 130 Å². The number of allylic oxidation sites excluding steroid dienone is 18. The number of hydrogen-bond donors (Lipinski definition) is 0. The molecule has 0 bridgehead atoms. The molecule has 6 heteroatoms. The van der Waals surface area contributed by atoms with Crippen molar-refractivity contribution in [1.82, 2.24) is 0 Å². The summed E-state index contributed by atoms with van der Waals surface area (Å²) in [5.74, 6) is -0.982. The smallest absolute Gasteiger partial charge is 0.306 e. The molecule has 70 heavy (non-hydrogen) atoms. The molecular weight excluding hydrogens is 865 g/mol. The van der Waals surface area contributed by atoms with E-state index < -0.39 is 6.10 Å². The molecule has 0 heterocycles. The van der Waals surface area contributed by atoms with Gasteiger partial charge < -0.3 is 14.2 Å². The second kappa shape index (κ2) is 57.6. The lowest BCUT2D eigenvalue weighted by Crippen LogP contribution is -2.30. The van der Waals surface area contributed by atoms with E-state index >= 15 is 0 Å². The van der Waals surface area contributed by atoms with E-state index in [4.69, 9.17) is 14.2 Å². The van der Waals surface area contributed by atoms with Gasteiger partial charge in [0, 0.05) is 19.3 Å². The monoisotopic (exact) mass is 971 g/mol. The zero-order valence-corrected chi connectivity index (χ0v) is 45.5. The number of hydrogen-bond acceptors (Lipinski definition) is 6. The third-order valence-corrected chi connectivity index (χ3v) is 12.0. The van der Waals surface area contributed by atoms with E-state index in [-0.39, 0.29) is 37.5 Å². The molecule has 0 fully saturated rings. The first-order chi connectivity index (χ1) is 34.5. The predicted molar refractivity (Wildman–Crippen MR) is 302 cm³/mol. The molecule has 0 aliphatic rings. The molecule has 0 saturated carbocycles. The van der Waals surface area contributed by atoms with Crippen LogP contribution in [0.5, 0.6) is 0 Å². The summed E-state index contributed by atoms with van der Waals surface area (Å²) in [5.41, 5.74) is 0. The standard InChI is InChI=1S/C64H106O6/c1-4-7-10-13-16-19-22-25-28-31-34-36-39-42-45-48-51-54-57-63(66)69-60-61(70-64(67)58-55-52-49-46-43-40-37-33-30-27-24-21-18-15-12-9-6-3)59-68-62(65)56-53-50-47-44-41-38-35-32-29-26-23-20-17-14-11-8-5-2/h9,12,17-22,26-31,37,40,46,49,61H,4-8,10-11,13-16,23-25,32-36,38-39,41-45,47-48,50-60H2,1-3H3/b12-9-,20-17-,21-18-,22-19-,29-26-,30-27-,31-28-,40-37-,49-46-. The molecule has 0 rings (SSSR count). The van der Waals surface area contributed by atoms with E-state index in [1.807, 2.05) is 0 Å². The maximum absolute atomic E-state index is 12.8. The van der Waals surface area contributed by atoms with Gasteiger partial charge in [0.1, 0.15) is 13.2 Å². The highest BCUT2D eigenvalue weighted by atomic mass is 16.6. The fraction of sp³-hybridized carbons (Fsp3) is 0.672. The normalized spacial score (nSPS) is 12.9. The van der Waals surface area contributed by atoms with Gasteiger partial charge in [-0.2, -0.15) is 0 Å². The topological polar surface area (TPSA) is 78.9 Å². The van der Waals surface area contributed by atoms with Crippen LogP contribution in [-0.2, 0) is 28.6 Å². The van der Waals surface area contributed by atoms with Gasteiger partial charge in [0.15, 0.2) is 6.10 Å². The number of carbonyl (C=O) groups excluding carboxylic acids is 3. The predicted octanol–water partition coefficient (Wildman–Crippen LogP) is 19.5. The van der Waals surface area contributed by atoms with Gasteiger partial charge in [-0.1, -0.05) is 226 Å². The lowest BCUT2D eigenvalue weighted by Gasteiger charge is -2.18. The summed E-state index contributed by atoms with van der Waals surface area (Å²) >= 11 is 0. The highest BCUT2D eigenvalue weighted by molar-refractivity contribution is 5.71. The van der Waals surface area contributed by atoms with Crippen molar-refractivity contribution in [2.24, 2.45) is 0 Å². The molecule has 0 aliphatic carbocycles. The van der Waals surface area contributed by atoms with Gasteiger partial charge in [0.25, 0.3) is 0 Å². The van der Waals surface area contributed by atoms with E-state index in [1.165, 1.54) is 109 Å². The summed E-state index contributed by atoms with van der Waals surface area (Å²) in [6.07, 6.45) is 77.9. The molecule has 0 spiro atoms. The van der Waals surface area contributed by atoms with Gasteiger partial charge >= 0.3 is 17.9 Å². The van der Waals surface area contributed by atoms with Crippen LogP contribution >= 0.6 is 0 Å². The van der Waals surface area contributed by atoms with Crippen molar-refractivity contribution >= 4 is 17.9 Å². The quantitative estimate of drug-likeness (QED) is 0.0262. The number of carbonyl (C=O) groups is 3. The SMILES string of the molecule is CC/C=C\C/C=C\C/C=C\C/C=C\C/C=C\CCCC(=O)OC(COC(=O)CCCCCCCCC/C=C\C/C=C\CCCCC)COC(=O)CCCCCCCCC/C=C\C/C=C\CCCCCC. The fourth-order valence-corrected chi connectivity index (χ4v) is 7.66. The van der Waals surface area contributed by atoms with Crippen LogP contribution in [-0.4, -0.2) is 37.2 Å². The highest BCUT2D eigenvalue weighted by Gasteiger charge is 2.19. The minimum absolute atomic E-state index is 0.109. The Bertz CT molecular complexity index is 1440. The Morgan fingerprint density at radius 1 is 0.300 bits per heavy atom. The molecule has 0 N–H and O–H groups in total. The number of ether oxygens (including phenoxy) is 3. The molecule has 0 aromatic heterocycles. The molecule has 0 amide bonds. The van der Waals surface area contributed by atoms with Gasteiger partial charge in [0.2, 0.25) is 0 Å². The number of rotatable bonds is 51. The number of esters is 3. The second-order valence-electron chi connectivity index (χ2n) is 18.8. The molecular formula is C64H106O6. The lowest BCUT2D eigenvalue weighted by molar-refractivity contribution is -0.167. The summed E-state index contributed by atoms with van der Waals surface area (Å²) in [6.45, 7) is 6.43. The van der Waals surface area contributed by atoms with Crippen LogP contribution in [0.4, 0.5) is 0 Å². The van der Waals surface area contributed by atoms with E-state index in [0.717, 1.165) is 103 Å². The first-order valence-corrected chi connectivity index (χ1v) is 28.9. The van der Waals surface area contributed by atoms with Gasteiger partial charge in [-0.05, 0) is 122 Å². The van der Waals surface area contributed by atoms with Crippen molar-refractivity contribution in [2.75, 3.05) is 13.2 Å². The third kappa shape index (κ3) is 55.0. The molecule has 1 atom stereocenters. The zero-order chi connectivity index (χ0) is 50.7. The van der Waals surface area contributed by atoms with Crippen molar-refractivity contribution < 1.29 is 28.6 Å². The Balaban J connectivity index is 4.51. The Kier molecular flexibility index (Phi) is 54.4.